The number of nitrogens with zero attached hydrogens (tertiary/aromatic N) is 2. The zero-order valence-corrected chi connectivity index (χ0v) is 27.4. The number of hydrogen-bond donors (Lipinski definition) is 1. The Bertz CT molecular complexity index is 1730. The van der Waals surface area contributed by atoms with E-state index in [2.05, 4.69) is 5.32 Å². The van der Waals surface area contributed by atoms with E-state index in [9.17, 15) is 22.4 Å². The van der Waals surface area contributed by atoms with Gasteiger partial charge >= 0.3 is 0 Å². The Labute approximate surface area is 273 Å². The van der Waals surface area contributed by atoms with Crippen LogP contribution in [0.25, 0.3) is 0 Å². The van der Waals surface area contributed by atoms with Crippen molar-refractivity contribution in [3.8, 4) is 0 Å². The fourth-order valence-electron chi connectivity index (χ4n) is 4.70. The minimum Gasteiger partial charge on any atom is -0.350 e. The van der Waals surface area contributed by atoms with E-state index in [-0.39, 0.29) is 28.6 Å². The second-order valence-corrected chi connectivity index (χ2v) is 14.2. The molecule has 236 valence electrons. The van der Waals surface area contributed by atoms with E-state index >= 15 is 0 Å². The van der Waals surface area contributed by atoms with E-state index in [4.69, 9.17) is 23.2 Å². The minimum atomic E-state index is -4.30. The van der Waals surface area contributed by atoms with Gasteiger partial charge in [0.1, 0.15) is 18.4 Å². The first kappa shape index (κ1) is 34.0. The third-order valence-electron chi connectivity index (χ3n) is 6.85. The number of sulfonamides is 1. The van der Waals surface area contributed by atoms with Gasteiger partial charge in [0.25, 0.3) is 10.0 Å². The lowest BCUT2D eigenvalue weighted by atomic mass is 10.0. The average molecular weight is 671 g/mol. The Morgan fingerprint density at radius 3 is 2.04 bits per heavy atom. The molecule has 0 saturated carbocycles. The maximum atomic E-state index is 14.5. The Morgan fingerprint density at radius 1 is 0.867 bits per heavy atom. The maximum Gasteiger partial charge on any atom is 0.264 e. The molecule has 45 heavy (non-hydrogen) atoms. The van der Waals surface area contributed by atoms with Crippen LogP contribution < -0.4 is 9.62 Å². The maximum absolute atomic E-state index is 14.5. The molecule has 2 amide bonds. The summed E-state index contributed by atoms with van der Waals surface area (Å²) < 4.78 is 42.7. The van der Waals surface area contributed by atoms with Crippen LogP contribution >= 0.6 is 23.2 Å². The van der Waals surface area contributed by atoms with Crippen molar-refractivity contribution in [2.45, 2.75) is 50.2 Å². The van der Waals surface area contributed by atoms with Crippen LogP contribution in [-0.4, -0.2) is 43.3 Å². The number of rotatable bonds is 11. The summed E-state index contributed by atoms with van der Waals surface area (Å²) in [5.41, 5.74) is 0.751. The molecule has 0 aliphatic heterocycles. The summed E-state index contributed by atoms with van der Waals surface area (Å²) in [7, 11) is -4.30. The van der Waals surface area contributed by atoms with Gasteiger partial charge in [0.15, 0.2) is 0 Å². The topological polar surface area (TPSA) is 86.8 Å². The number of carbonyl (C=O) groups is 2. The third kappa shape index (κ3) is 9.06. The summed E-state index contributed by atoms with van der Waals surface area (Å²) in [5, 5.41) is 3.64. The zero-order valence-electron chi connectivity index (χ0n) is 25.1. The molecule has 0 unspecified atom stereocenters. The molecule has 0 saturated heterocycles. The highest BCUT2D eigenvalue weighted by Gasteiger charge is 2.36. The van der Waals surface area contributed by atoms with E-state index in [1.54, 1.807) is 30.3 Å². The molecule has 0 heterocycles. The fraction of sp³-hybridized carbons (Fsp3) is 0.235. The van der Waals surface area contributed by atoms with E-state index in [0.29, 0.717) is 10.6 Å². The predicted octanol–water partition coefficient (Wildman–Crippen LogP) is 6.88. The number of amides is 2. The average Bonchev–Trinajstić information content (AvgIpc) is 2.99. The highest BCUT2D eigenvalue weighted by atomic mass is 35.5. The zero-order chi connectivity index (χ0) is 32.8. The van der Waals surface area contributed by atoms with Gasteiger partial charge in [-0.25, -0.2) is 12.8 Å². The van der Waals surface area contributed by atoms with Crippen molar-refractivity contribution in [1.82, 2.24) is 10.2 Å². The minimum absolute atomic E-state index is 0.0549. The second-order valence-electron chi connectivity index (χ2n) is 11.5. The molecule has 0 aliphatic carbocycles. The Morgan fingerprint density at radius 2 is 1.47 bits per heavy atom. The molecule has 4 aromatic carbocycles. The second kappa shape index (κ2) is 14.5. The summed E-state index contributed by atoms with van der Waals surface area (Å²) in [6, 6.07) is 25.4. The molecular formula is C34H34Cl2FN3O4S. The molecule has 0 aliphatic rings. The first-order valence-corrected chi connectivity index (χ1v) is 16.4. The highest BCUT2D eigenvalue weighted by molar-refractivity contribution is 7.92. The number of hydrogen-bond acceptors (Lipinski definition) is 4. The Kier molecular flexibility index (Phi) is 10.9. The van der Waals surface area contributed by atoms with Gasteiger partial charge in [-0.15, -0.1) is 0 Å². The molecular weight excluding hydrogens is 636 g/mol. The first-order chi connectivity index (χ1) is 21.2. The summed E-state index contributed by atoms with van der Waals surface area (Å²) in [4.78, 5) is 29.6. The van der Waals surface area contributed by atoms with Gasteiger partial charge in [0.05, 0.1) is 10.6 Å². The monoisotopic (exact) mass is 669 g/mol. The molecule has 0 bridgehead atoms. The van der Waals surface area contributed by atoms with E-state index < -0.39 is 45.8 Å². The first-order valence-electron chi connectivity index (χ1n) is 14.2. The molecule has 0 radical (unpaired) electrons. The van der Waals surface area contributed by atoms with Crippen LogP contribution in [0.5, 0.6) is 0 Å². The van der Waals surface area contributed by atoms with Crippen LogP contribution in [-0.2, 0) is 32.6 Å². The van der Waals surface area contributed by atoms with Gasteiger partial charge in [-0.1, -0.05) is 77.8 Å². The van der Waals surface area contributed by atoms with Crippen molar-refractivity contribution in [2.75, 3.05) is 10.8 Å². The van der Waals surface area contributed by atoms with Crippen molar-refractivity contribution in [1.29, 1.82) is 0 Å². The molecule has 0 fully saturated rings. The normalized spacial score (nSPS) is 12.3. The molecule has 1 N–H and O–H groups in total. The number of anilines is 1. The Hall–Kier alpha value is -3.92. The van der Waals surface area contributed by atoms with E-state index in [0.717, 1.165) is 22.0 Å². The van der Waals surface area contributed by atoms with Gasteiger partial charge in [0, 0.05) is 28.5 Å². The number of carbonyl (C=O) groups excluding carboxylic acids is 2. The van der Waals surface area contributed by atoms with Gasteiger partial charge in [-0.2, -0.15) is 0 Å². The van der Waals surface area contributed by atoms with Crippen LogP contribution in [0.2, 0.25) is 10.0 Å². The van der Waals surface area contributed by atoms with Gasteiger partial charge in [-0.05, 0) is 80.4 Å². The molecule has 11 heteroatoms. The highest BCUT2D eigenvalue weighted by Crippen LogP contribution is 2.27. The quantitative estimate of drug-likeness (QED) is 0.189. The van der Waals surface area contributed by atoms with Crippen LogP contribution in [0.3, 0.4) is 0 Å². The smallest absolute Gasteiger partial charge is 0.264 e. The largest absolute Gasteiger partial charge is 0.350 e. The molecule has 7 nitrogen and oxygen atoms in total. The fourth-order valence-corrected chi connectivity index (χ4v) is 6.60. The van der Waals surface area contributed by atoms with Gasteiger partial charge in [0.2, 0.25) is 11.8 Å². The van der Waals surface area contributed by atoms with E-state index in [1.165, 1.54) is 35.2 Å². The number of nitrogens with one attached hydrogen (secondary N) is 1. The van der Waals surface area contributed by atoms with Crippen molar-refractivity contribution >= 4 is 50.7 Å². The lowest BCUT2D eigenvalue weighted by molar-refractivity contribution is -0.140. The van der Waals surface area contributed by atoms with Crippen molar-refractivity contribution in [2.24, 2.45) is 0 Å². The predicted molar refractivity (Wildman–Crippen MR) is 176 cm³/mol. The van der Waals surface area contributed by atoms with Gasteiger partial charge < -0.3 is 10.2 Å². The van der Waals surface area contributed by atoms with Crippen molar-refractivity contribution < 1.29 is 22.4 Å². The van der Waals surface area contributed by atoms with Crippen LogP contribution in [0.4, 0.5) is 10.1 Å². The van der Waals surface area contributed by atoms with Gasteiger partial charge in [-0.3, -0.25) is 13.9 Å². The van der Waals surface area contributed by atoms with Crippen LogP contribution in [0.15, 0.2) is 108 Å². The molecule has 4 aromatic rings. The lowest BCUT2D eigenvalue weighted by Crippen LogP contribution is -2.56. The number of halogens is 3. The number of benzene rings is 4. The molecule has 0 spiro atoms. The SMILES string of the molecule is CC(C)(C)NC(=O)[C@H](Cc1ccccc1)N(Cc1ccc(Cl)cc1Cl)C(=O)CN(c1ccc(F)cc1)S(=O)(=O)c1ccccc1. The van der Waals surface area contributed by atoms with Crippen LogP contribution in [0, 0.1) is 5.82 Å². The molecule has 4 rings (SSSR count). The standard InChI is InChI=1S/C34H34Cl2FN3O4S/c1-34(2,3)38-33(42)31(20-24-10-6-4-7-11-24)39(22-25-14-15-26(35)21-30(25)36)32(41)23-40(28-18-16-27(37)17-19-28)45(43,44)29-12-8-5-9-13-29/h4-19,21,31H,20,22-23H2,1-3H3,(H,38,42)/t31-/m0/s1. The summed E-state index contributed by atoms with van der Waals surface area (Å²) in [6.07, 6.45) is 0.141. The molecule has 1 atom stereocenters. The Balaban J connectivity index is 1.83. The summed E-state index contributed by atoms with van der Waals surface area (Å²) in [5.74, 6) is -1.67. The van der Waals surface area contributed by atoms with Crippen LogP contribution in [0.1, 0.15) is 31.9 Å². The summed E-state index contributed by atoms with van der Waals surface area (Å²) >= 11 is 12.7. The summed E-state index contributed by atoms with van der Waals surface area (Å²) in [6.45, 7) is 4.69. The van der Waals surface area contributed by atoms with Crippen molar-refractivity contribution in [3.05, 3.63) is 130 Å². The third-order valence-corrected chi connectivity index (χ3v) is 9.22. The van der Waals surface area contributed by atoms with Crippen molar-refractivity contribution in [3.63, 3.8) is 0 Å². The lowest BCUT2D eigenvalue weighted by Gasteiger charge is -2.35. The molecule has 0 aromatic heterocycles. The van der Waals surface area contributed by atoms with E-state index in [1.807, 2.05) is 51.1 Å².